The highest BCUT2D eigenvalue weighted by Crippen LogP contribution is 2.45. The smallest absolute Gasteiger partial charge is 0.192 e. The first-order valence-corrected chi connectivity index (χ1v) is 19.1. The minimum atomic E-state index is -1.94. The van der Waals surface area contributed by atoms with Gasteiger partial charge in [-0.15, -0.1) is 0 Å². The lowest BCUT2D eigenvalue weighted by Crippen LogP contribution is -2.48. The van der Waals surface area contributed by atoms with E-state index < -0.39 is 8.32 Å². The number of fused-ring (bicyclic) bond motifs is 1. The van der Waals surface area contributed by atoms with Crippen LogP contribution in [0.3, 0.4) is 0 Å². The van der Waals surface area contributed by atoms with Crippen LogP contribution in [-0.4, -0.2) is 80.6 Å². The number of rotatable bonds is 12. The molecule has 0 amide bonds. The molecular weight excluding hydrogens is 554 g/mol. The van der Waals surface area contributed by atoms with Crippen molar-refractivity contribution in [2.75, 3.05) is 45.8 Å². The Bertz CT molecular complexity index is 1390. The van der Waals surface area contributed by atoms with Gasteiger partial charge in [0.15, 0.2) is 14.0 Å². The molecule has 43 heavy (non-hydrogen) atoms. The van der Waals surface area contributed by atoms with Crippen molar-refractivity contribution in [3.05, 3.63) is 36.0 Å². The Morgan fingerprint density at radius 3 is 2.44 bits per heavy atom. The highest BCUT2D eigenvalue weighted by molar-refractivity contribution is 6.74. The van der Waals surface area contributed by atoms with E-state index in [-0.39, 0.29) is 17.2 Å². The van der Waals surface area contributed by atoms with E-state index in [0.717, 1.165) is 60.9 Å². The topological polar surface area (TPSA) is 73.7 Å². The van der Waals surface area contributed by atoms with E-state index in [1.54, 1.807) is 0 Å². The normalized spacial score (nSPS) is 17.7. The standard InChI is InChI=1S/C34H53N5O3Si/c1-23(2)39-33-31(32(37-39)24-13-14-24)30(35-26-15-17-40-18-16-26)20-29(36-33)25-11-10-12-27(19-25)41-22-28(21-38(6)7)42-43(8,9)34(3,4)5/h10-12,19-20,23-24,26,28H,13-18,21-22H2,1-9H3,(H,35,36). The molecule has 236 valence electrons. The summed E-state index contributed by atoms with van der Waals surface area (Å²) in [6, 6.07) is 11.2. The fraction of sp³-hybridized carbons (Fsp3) is 0.647. The molecule has 1 atom stereocenters. The van der Waals surface area contributed by atoms with Gasteiger partial charge < -0.3 is 24.1 Å². The SMILES string of the molecule is CC(C)n1nc(C2CC2)c2c(NC3CCOCC3)cc(-c3cccc(OCC(CN(C)C)O[Si](C)(C)C(C)(C)C)c3)nc21. The third-order valence-electron chi connectivity index (χ3n) is 9.13. The van der Waals surface area contributed by atoms with E-state index in [1.165, 1.54) is 23.9 Å². The summed E-state index contributed by atoms with van der Waals surface area (Å²) in [6.07, 6.45) is 4.41. The number of likely N-dealkylation sites (N-methyl/N-ethyl adjacent to an activating group) is 1. The maximum absolute atomic E-state index is 6.78. The zero-order valence-corrected chi connectivity index (χ0v) is 28.9. The summed E-state index contributed by atoms with van der Waals surface area (Å²) in [5.74, 6) is 1.36. The Morgan fingerprint density at radius 2 is 1.81 bits per heavy atom. The van der Waals surface area contributed by atoms with Crippen molar-refractivity contribution in [3.63, 3.8) is 0 Å². The van der Waals surface area contributed by atoms with Gasteiger partial charge in [-0.3, -0.25) is 0 Å². The molecule has 5 rings (SSSR count). The molecule has 8 nitrogen and oxygen atoms in total. The van der Waals surface area contributed by atoms with Crippen LogP contribution in [0, 0.1) is 0 Å². The largest absolute Gasteiger partial charge is 0.491 e. The maximum Gasteiger partial charge on any atom is 0.192 e. The van der Waals surface area contributed by atoms with Gasteiger partial charge in [0.2, 0.25) is 0 Å². The van der Waals surface area contributed by atoms with Crippen LogP contribution in [0.5, 0.6) is 5.75 Å². The van der Waals surface area contributed by atoms with Gasteiger partial charge in [-0.05, 0) is 90.0 Å². The minimum Gasteiger partial charge on any atom is -0.491 e. The Balaban J connectivity index is 1.45. The van der Waals surface area contributed by atoms with Crippen molar-refractivity contribution < 1.29 is 13.9 Å². The lowest BCUT2D eigenvalue weighted by molar-refractivity contribution is 0.0904. The summed E-state index contributed by atoms with van der Waals surface area (Å²) in [5, 5.41) is 10.3. The summed E-state index contributed by atoms with van der Waals surface area (Å²) >= 11 is 0. The van der Waals surface area contributed by atoms with Crippen LogP contribution < -0.4 is 10.1 Å². The van der Waals surface area contributed by atoms with Crippen molar-refractivity contribution in [3.8, 4) is 17.0 Å². The van der Waals surface area contributed by atoms with Crippen molar-refractivity contribution in [1.82, 2.24) is 19.7 Å². The molecule has 0 bridgehead atoms. The minimum absolute atomic E-state index is 0.00876. The molecule has 2 fully saturated rings. The molecule has 0 spiro atoms. The summed E-state index contributed by atoms with van der Waals surface area (Å²) < 4.78 is 21.0. The quantitative estimate of drug-likeness (QED) is 0.214. The predicted molar refractivity (Wildman–Crippen MR) is 179 cm³/mol. The molecule has 1 saturated carbocycles. The maximum atomic E-state index is 6.78. The summed E-state index contributed by atoms with van der Waals surface area (Å²) in [6.45, 7) is 18.7. The third kappa shape index (κ3) is 7.61. The third-order valence-corrected chi connectivity index (χ3v) is 13.7. The van der Waals surface area contributed by atoms with E-state index in [4.69, 9.17) is 24.0 Å². The Hall–Kier alpha value is -2.46. The van der Waals surface area contributed by atoms with Gasteiger partial charge in [-0.2, -0.15) is 5.10 Å². The first kappa shape index (κ1) is 31.9. The summed E-state index contributed by atoms with van der Waals surface area (Å²) in [5.41, 5.74) is 5.26. The molecule has 1 unspecified atom stereocenters. The van der Waals surface area contributed by atoms with Gasteiger partial charge in [-0.1, -0.05) is 32.9 Å². The average Bonchev–Trinajstić information content (AvgIpc) is 3.71. The molecule has 1 aliphatic heterocycles. The molecule has 1 N–H and O–H groups in total. The predicted octanol–water partition coefficient (Wildman–Crippen LogP) is 7.48. The number of nitrogens with zero attached hydrogens (tertiary/aromatic N) is 4. The second-order valence-corrected chi connectivity index (χ2v) is 19.3. The Labute approximate surface area is 259 Å². The van der Waals surface area contributed by atoms with E-state index in [2.05, 4.69) is 101 Å². The van der Waals surface area contributed by atoms with Crippen LogP contribution in [0.1, 0.15) is 78.0 Å². The van der Waals surface area contributed by atoms with E-state index in [0.29, 0.717) is 18.6 Å². The van der Waals surface area contributed by atoms with Gasteiger partial charge in [0.1, 0.15) is 12.4 Å². The van der Waals surface area contributed by atoms with Crippen LogP contribution >= 0.6 is 0 Å². The Kier molecular flexibility index (Phi) is 9.56. The van der Waals surface area contributed by atoms with Crippen molar-refractivity contribution in [2.24, 2.45) is 0 Å². The van der Waals surface area contributed by atoms with Crippen molar-refractivity contribution in [1.29, 1.82) is 0 Å². The van der Waals surface area contributed by atoms with Crippen LogP contribution in [0.25, 0.3) is 22.3 Å². The van der Waals surface area contributed by atoms with Crippen LogP contribution in [0.2, 0.25) is 18.1 Å². The number of ether oxygens (including phenoxy) is 2. The molecule has 3 heterocycles. The van der Waals surface area contributed by atoms with Crippen molar-refractivity contribution in [2.45, 2.75) is 103 Å². The van der Waals surface area contributed by atoms with Gasteiger partial charge >= 0.3 is 0 Å². The van der Waals surface area contributed by atoms with E-state index >= 15 is 0 Å². The van der Waals surface area contributed by atoms with Gasteiger partial charge in [-0.25, -0.2) is 9.67 Å². The molecule has 0 radical (unpaired) electrons. The second kappa shape index (κ2) is 12.9. The number of benzene rings is 1. The van der Waals surface area contributed by atoms with Crippen LogP contribution in [-0.2, 0) is 9.16 Å². The zero-order valence-electron chi connectivity index (χ0n) is 27.9. The number of hydrogen-bond acceptors (Lipinski definition) is 7. The van der Waals surface area contributed by atoms with Gasteiger partial charge in [0.25, 0.3) is 0 Å². The first-order valence-electron chi connectivity index (χ1n) is 16.2. The Morgan fingerprint density at radius 1 is 1.09 bits per heavy atom. The molecular formula is C34H53N5O3Si. The molecule has 9 heteroatoms. The van der Waals surface area contributed by atoms with E-state index in [9.17, 15) is 0 Å². The number of nitrogens with one attached hydrogen (secondary N) is 1. The zero-order chi connectivity index (χ0) is 30.9. The molecule has 1 aliphatic carbocycles. The fourth-order valence-electron chi connectivity index (χ4n) is 5.55. The van der Waals surface area contributed by atoms with Gasteiger partial charge in [0.05, 0.1) is 22.9 Å². The molecule has 2 aromatic heterocycles. The lowest BCUT2D eigenvalue weighted by Gasteiger charge is -2.39. The summed E-state index contributed by atoms with van der Waals surface area (Å²) in [4.78, 5) is 7.43. The van der Waals surface area contributed by atoms with Crippen LogP contribution in [0.15, 0.2) is 30.3 Å². The number of aromatic nitrogens is 3. The molecule has 1 saturated heterocycles. The average molecular weight is 608 g/mol. The highest BCUT2D eigenvalue weighted by atomic mass is 28.4. The van der Waals surface area contributed by atoms with Crippen molar-refractivity contribution >= 4 is 25.0 Å². The lowest BCUT2D eigenvalue weighted by atomic mass is 10.0. The molecule has 2 aliphatic rings. The molecule has 1 aromatic carbocycles. The fourth-order valence-corrected chi connectivity index (χ4v) is 6.88. The van der Waals surface area contributed by atoms with E-state index in [1.807, 2.05) is 6.07 Å². The number of anilines is 1. The first-order chi connectivity index (χ1) is 20.3. The monoisotopic (exact) mass is 607 g/mol. The highest BCUT2D eigenvalue weighted by Gasteiger charge is 2.39. The van der Waals surface area contributed by atoms with Crippen LogP contribution in [0.4, 0.5) is 5.69 Å². The second-order valence-electron chi connectivity index (χ2n) is 14.6. The number of hydrogen-bond donors (Lipinski definition) is 1. The summed E-state index contributed by atoms with van der Waals surface area (Å²) in [7, 11) is 2.24. The van der Waals surface area contributed by atoms with Gasteiger partial charge in [0, 0.05) is 49.0 Å². The number of pyridine rings is 1. The molecule has 3 aromatic rings.